The van der Waals surface area contributed by atoms with E-state index < -0.39 is 7.26 Å². The summed E-state index contributed by atoms with van der Waals surface area (Å²) in [6.07, 6.45) is 11.1. The maximum Gasteiger partial charge on any atom is 1.00 e. The number of hydrogen-bond acceptors (Lipinski definition) is 1. The molecule has 0 aliphatic carbocycles. The largest absolute Gasteiger partial charge is 1.00 e. The summed E-state index contributed by atoms with van der Waals surface area (Å²) < 4.78 is 0. The molecule has 0 rings (SSSR count). The maximum absolute atomic E-state index is 11.4. The smallest absolute Gasteiger partial charge is 0.257 e. The number of carbonyl (C=O) groups excluding carboxylic acids is 1. The Hall–Kier alpha value is 0.606. The molecule has 16 heavy (non-hydrogen) atoms. The van der Waals surface area contributed by atoms with Crippen molar-refractivity contribution in [1.82, 2.24) is 0 Å². The van der Waals surface area contributed by atoms with E-state index in [0.717, 1.165) is 0 Å². The van der Waals surface area contributed by atoms with E-state index in [-0.39, 0.29) is 18.2 Å². The summed E-state index contributed by atoms with van der Waals surface area (Å²) in [6, 6.07) is 1.37. The molecular weight excluding hydrogens is 262 g/mol. The molecule has 0 amide bonds. The van der Waals surface area contributed by atoms with Gasteiger partial charge >= 0.3 is 1.43 Å². The van der Waals surface area contributed by atoms with Crippen LogP contribution in [-0.4, -0.2) is 24.5 Å². The molecule has 0 spiro atoms. The van der Waals surface area contributed by atoms with Gasteiger partial charge in [0, 0.05) is 16.8 Å². The Morgan fingerprint density at radius 3 is 1.38 bits per heavy atom. The summed E-state index contributed by atoms with van der Waals surface area (Å²) in [4.78, 5) is 11.4. The fourth-order valence-corrected chi connectivity index (χ4v) is 5.74. The molecule has 1 nitrogen and oxygen atoms in total. The van der Waals surface area contributed by atoms with Gasteiger partial charge in [-0.25, -0.2) is 0 Å². The number of carbonyl (C=O) groups is 1. The molecule has 0 aromatic carbocycles. The van der Waals surface area contributed by atoms with Gasteiger partial charge in [0.2, 0.25) is 0 Å². The third-order valence-corrected chi connectivity index (χ3v) is 7.16. The van der Waals surface area contributed by atoms with Crippen molar-refractivity contribution in [2.24, 2.45) is 0 Å². The van der Waals surface area contributed by atoms with Crippen LogP contribution in [0.15, 0.2) is 0 Å². The van der Waals surface area contributed by atoms with Crippen LogP contribution in [0.4, 0.5) is 0 Å². The van der Waals surface area contributed by atoms with Crippen LogP contribution in [0, 0.1) is 0 Å². The molecule has 99 valence electrons. The van der Waals surface area contributed by atoms with Crippen molar-refractivity contribution in [2.75, 3.05) is 18.5 Å². The van der Waals surface area contributed by atoms with Crippen LogP contribution in [0.2, 0.25) is 0 Å². The second-order valence-electron chi connectivity index (χ2n) is 4.56. The van der Waals surface area contributed by atoms with Gasteiger partial charge in [0.05, 0.1) is 25.7 Å². The molecule has 0 N–H and O–H groups in total. The van der Waals surface area contributed by atoms with Crippen molar-refractivity contribution >= 4 is 13.3 Å². The van der Waals surface area contributed by atoms with Crippen molar-refractivity contribution in [3.63, 3.8) is 0 Å². The van der Waals surface area contributed by atoms with Crippen molar-refractivity contribution in [3.05, 3.63) is 0 Å². The Bertz CT molecular complexity index is 146. The van der Waals surface area contributed by atoms with Gasteiger partial charge in [0.1, 0.15) is 0 Å². The summed E-state index contributed by atoms with van der Waals surface area (Å²) in [5.41, 5.74) is 0. The normalized spacial score (nSPS) is 10.9. The summed E-state index contributed by atoms with van der Waals surface area (Å²) in [6.45, 7) is 6.66. The fraction of sp³-hybridized carbons (Fsp3) is 0.923. The average Bonchev–Trinajstić information content (AvgIpc) is 2.29. The van der Waals surface area contributed by atoms with Crippen LogP contribution in [0.3, 0.4) is 0 Å². The minimum absolute atomic E-state index is 0. The van der Waals surface area contributed by atoms with Crippen LogP contribution in [0.5, 0.6) is 0 Å². The van der Waals surface area contributed by atoms with Crippen molar-refractivity contribution in [3.8, 4) is 0 Å². The second-order valence-corrected chi connectivity index (χ2v) is 8.54. The third-order valence-electron chi connectivity index (χ3n) is 3.09. The van der Waals surface area contributed by atoms with Gasteiger partial charge in [0.25, 0.3) is 6.03 Å². The van der Waals surface area contributed by atoms with E-state index in [4.69, 9.17) is 0 Å². The molecule has 0 fully saturated rings. The van der Waals surface area contributed by atoms with E-state index in [1.165, 1.54) is 63.0 Å². The van der Waals surface area contributed by atoms with Crippen molar-refractivity contribution in [2.45, 2.75) is 59.3 Å². The molecular formula is C13H29CoOP+2. The molecule has 0 saturated carbocycles. The molecule has 0 unspecified atom stereocenters. The minimum atomic E-state index is -1.21. The first-order valence-corrected chi connectivity index (χ1v) is 8.98. The Morgan fingerprint density at radius 1 is 0.875 bits per heavy atom. The summed E-state index contributed by atoms with van der Waals surface area (Å²) >= 11 is 0. The predicted molar refractivity (Wildman–Crippen MR) is 74.1 cm³/mol. The molecule has 0 heterocycles. The first-order valence-electron chi connectivity index (χ1n) is 6.56. The number of hydrogen-bond donors (Lipinski definition) is 0. The Balaban J connectivity index is -0.000000980. The molecule has 0 aliphatic rings. The molecule has 0 atom stereocenters. The SMILES string of the molecule is CCCC[P+](C=O)(CCCC)CCCC.[Co].[H+]. The van der Waals surface area contributed by atoms with E-state index in [2.05, 4.69) is 20.8 Å². The minimum Gasteiger partial charge on any atom is -0.257 e. The third kappa shape index (κ3) is 7.81. The van der Waals surface area contributed by atoms with Crippen LogP contribution in [0.25, 0.3) is 0 Å². The van der Waals surface area contributed by atoms with E-state index in [0.29, 0.717) is 0 Å². The molecule has 0 saturated heterocycles. The van der Waals surface area contributed by atoms with Gasteiger partial charge in [-0.15, -0.1) is 0 Å². The monoisotopic (exact) mass is 291 g/mol. The number of rotatable bonds is 10. The number of unbranched alkanes of at least 4 members (excludes halogenated alkanes) is 3. The summed E-state index contributed by atoms with van der Waals surface area (Å²) in [5.74, 6) is 0. The van der Waals surface area contributed by atoms with Crippen LogP contribution < -0.4 is 0 Å². The zero-order valence-electron chi connectivity index (χ0n) is 12.1. The molecule has 0 aromatic rings. The second kappa shape index (κ2) is 12.1. The Kier molecular flexibility index (Phi) is 14.3. The first kappa shape index (κ1) is 19.0. The molecule has 3 heteroatoms. The Labute approximate surface area is 114 Å². The van der Waals surface area contributed by atoms with Gasteiger partial charge in [-0.3, -0.25) is 4.79 Å². The van der Waals surface area contributed by atoms with E-state index in [9.17, 15) is 4.79 Å². The van der Waals surface area contributed by atoms with Gasteiger partial charge in [-0.1, -0.05) is 40.0 Å². The molecule has 0 aromatic heterocycles. The quantitative estimate of drug-likeness (QED) is 0.421. The van der Waals surface area contributed by atoms with Crippen LogP contribution in [-0.2, 0) is 21.6 Å². The molecule has 1 radical (unpaired) electrons. The zero-order chi connectivity index (χ0) is 11.6. The van der Waals surface area contributed by atoms with Gasteiger partial charge in [-0.05, 0) is 19.3 Å². The average molecular weight is 291 g/mol. The van der Waals surface area contributed by atoms with E-state index in [1.807, 2.05) is 0 Å². The maximum atomic E-state index is 11.4. The standard InChI is InChI=1S/C13H28OP.Co/c1-4-7-10-15(13-14,11-8-5-2)12-9-6-3;/h13H,4-12H2,1-3H3;/q+1;/p+1. The summed E-state index contributed by atoms with van der Waals surface area (Å²) in [5, 5.41) is 0. The predicted octanol–water partition coefficient (Wildman–Crippen LogP) is 4.70. The van der Waals surface area contributed by atoms with Crippen LogP contribution in [0.1, 0.15) is 60.7 Å². The van der Waals surface area contributed by atoms with Gasteiger partial charge in [-0.2, -0.15) is 0 Å². The topological polar surface area (TPSA) is 17.1 Å². The first-order chi connectivity index (χ1) is 7.24. The van der Waals surface area contributed by atoms with Crippen LogP contribution >= 0.6 is 7.26 Å². The van der Waals surface area contributed by atoms with Crippen molar-refractivity contribution in [1.29, 1.82) is 0 Å². The molecule has 0 bridgehead atoms. The Morgan fingerprint density at radius 2 is 1.19 bits per heavy atom. The van der Waals surface area contributed by atoms with E-state index >= 15 is 0 Å². The fourth-order valence-electron chi connectivity index (χ4n) is 1.91. The zero-order valence-corrected chi connectivity index (χ0v) is 13.1. The molecule has 0 aliphatic heterocycles. The van der Waals surface area contributed by atoms with Crippen molar-refractivity contribution < 1.29 is 23.0 Å². The van der Waals surface area contributed by atoms with Gasteiger partial charge < -0.3 is 0 Å². The van der Waals surface area contributed by atoms with E-state index in [1.54, 1.807) is 0 Å². The summed E-state index contributed by atoms with van der Waals surface area (Å²) in [7, 11) is -1.21. The van der Waals surface area contributed by atoms with Gasteiger partial charge in [0.15, 0.2) is 0 Å².